The molecular formula is C20H33NO7S. The lowest BCUT2D eigenvalue weighted by Gasteiger charge is -2.20. The number of benzene rings is 1. The van der Waals surface area contributed by atoms with Gasteiger partial charge in [0.15, 0.2) is 0 Å². The van der Waals surface area contributed by atoms with Crippen LogP contribution in [0, 0.1) is 0 Å². The first-order valence-electron chi connectivity index (χ1n) is 9.84. The third kappa shape index (κ3) is 11.7. The van der Waals surface area contributed by atoms with Crippen LogP contribution in [-0.2, 0) is 14.8 Å². The summed E-state index contributed by atoms with van der Waals surface area (Å²) in [4.78, 5) is 10.5. The van der Waals surface area contributed by atoms with Gasteiger partial charge in [-0.3, -0.25) is 4.79 Å². The van der Waals surface area contributed by atoms with Gasteiger partial charge >= 0.3 is 5.97 Å². The third-order valence-electron chi connectivity index (χ3n) is 4.45. The number of nitrogens with zero attached hydrogens (tertiary/aromatic N) is 1. The normalized spacial score (nSPS) is 12.7. The predicted octanol–water partition coefficient (Wildman–Crippen LogP) is 2.51. The van der Waals surface area contributed by atoms with Crippen molar-refractivity contribution in [3.63, 3.8) is 0 Å². The van der Waals surface area contributed by atoms with E-state index in [0.29, 0.717) is 50.3 Å². The lowest BCUT2D eigenvalue weighted by molar-refractivity contribution is -0.137. The predicted molar refractivity (Wildman–Crippen MR) is 111 cm³/mol. The SMILES string of the molecule is COc1cccc(OCC(O)CCCN(CCCCCCC(=O)O)S(C)(=O)=O)c1. The van der Waals surface area contributed by atoms with Crippen molar-refractivity contribution >= 4 is 16.0 Å². The van der Waals surface area contributed by atoms with Gasteiger partial charge in [0.1, 0.15) is 18.1 Å². The standard InChI is InChI=1S/C20H33NO7S/c1-27-18-10-7-11-19(15-18)28-16-17(22)9-8-14-21(29(2,25)26)13-6-4-3-5-12-20(23)24/h7,10-11,15,17,22H,3-6,8-9,12-14,16H2,1-2H3,(H,23,24). The average molecular weight is 432 g/mol. The number of rotatable bonds is 16. The van der Waals surface area contributed by atoms with Gasteiger partial charge in [0.25, 0.3) is 0 Å². The maximum Gasteiger partial charge on any atom is 0.303 e. The second-order valence-corrected chi connectivity index (χ2v) is 8.99. The van der Waals surface area contributed by atoms with Crippen LogP contribution in [0.4, 0.5) is 0 Å². The van der Waals surface area contributed by atoms with E-state index in [9.17, 15) is 18.3 Å². The number of carbonyl (C=O) groups is 1. The Morgan fingerprint density at radius 3 is 2.41 bits per heavy atom. The van der Waals surface area contributed by atoms with E-state index in [2.05, 4.69) is 0 Å². The van der Waals surface area contributed by atoms with Gasteiger partial charge in [0, 0.05) is 25.6 Å². The molecule has 0 aromatic heterocycles. The number of sulfonamides is 1. The molecule has 1 atom stereocenters. The fourth-order valence-electron chi connectivity index (χ4n) is 2.83. The highest BCUT2D eigenvalue weighted by Crippen LogP contribution is 2.19. The number of aliphatic hydroxyl groups is 1. The number of unbranched alkanes of at least 4 members (excludes halogenated alkanes) is 3. The summed E-state index contributed by atoms with van der Waals surface area (Å²) in [6.45, 7) is 0.863. The first-order chi connectivity index (χ1) is 13.7. The molecule has 29 heavy (non-hydrogen) atoms. The van der Waals surface area contributed by atoms with Gasteiger partial charge in [-0.1, -0.05) is 18.9 Å². The van der Waals surface area contributed by atoms with E-state index in [4.69, 9.17) is 14.6 Å². The van der Waals surface area contributed by atoms with Gasteiger partial charge in [-0.2, -0.15) is 0 Å². The van der Waals surface area contributed by atoms with E-state index in [1.165, 1.54) is 10.6 Å². The maximum absolute atomic E-state index is 11.9. The van der Waals surface area contributed by atoms with Gasteiger partial charge in [-0.05, 0) is 37.8 Å². The van der Waals surface area contributed by atoms with Crippen LogP contribution in [0.3, 0.4) is 0 Å². The quantitative estimate of drug-likeness (QED) is 0.387. The Hall–Kier alpha value is -1.84. The van der Waals surface area contributed by atoms with Gasteiger partial charge < -0.3 is 19.7 Å². The van der Waals surface area contributed by atoms with Gasteiger partial charge in [0.05, 0.1) is 19.5 Å². The van der Waals surface area contributed by atoms with E-state index in [1.54, 1.807) is 31.4 Å². The number of carboxylic acids is 1. The molecule has 0 aliphatic carbocycles. The van der Waals surface area contributed by atoms with Crippen LogP contribution >= 0.6 is 0 Å². The summed E-state index contributed by atoms with van der Waals surface area (Å²) >= 11 is 0. The van der Waals surface area contributed by atoms with Crippen molar-refractivity contribution in [1.29, 1.82) is 0 Å². The molecule has 0 heterocycles. The molecular weight excluding hydrogens is 398 g/mol. The zero-order chi connectivity index (χ0) is 21.7. The molecule has 0 spiro atoms. The van der Waals surface area contributed by atoms with E-state index in [1.807, 2.05) is 0 Å². The molecule has 0 fully saturated rings. The largest absolute Gasteiger partial charge is 0.497 e. The number of ether oxygens (including phenoxy) is 2. The molecule has 1 aromatic carbocycles. The van der Waals surface area contributed by atoms with Crippen molar-refractivity contribution in [3.8, 4) is 11.5 Å². The highest BCUT2D eigenvalue weighted by Gasteiger charge is 2.16. The van der Waals surface area contributed by atoms with Crippen molar-refractivity contribution in [2.45, 2.75) is 51.0 Å². The summed E-state index contributed by atoms with van der Waals surface area (Å²) < 4.78 is 36.0. The summed E-state index contributed by atoms with van der Waals surface area (Å²) in [6.07, 6.45) is 4.43. The number of aliphatic carboxylic acids is 1. The Kier molecular flexibility index (Phi) is 11.6. The minimum absolute atomic E-state index is 0.121. The summed E-state index contributed by atoms with van der Waals surface area (Å²) in [6, 6.07) is 7.10. The smallest absolute Gasteiger partial charge is 0.303 e. The molecule has 1 unspecified atom stereocenters. The van der Waals surface area contributed by atoms with Crippen LogP contribution < -0.4 is 9.47 Å². The zero-order valence-corrected chi connectivity index (χ0v) is 18.1. The first kappa shape index (κ1) is 25.2. The van der Waals surface area contributed by atoms with Crippen molar-refractivity contribution in [2.24, 2.45) is 0 Å². The van der Waals surface area contributed by atoms with Crippen molar-refractivity contribution in [1.82, 2.24) is 4.31 Å². The number of hydrogen-bond acceptors (Lipinski definition) is 6. The van der Waals surface area contributed by atoms with Crippen LogP contribution in [0.15, 0.2) is 24.3 Å². The molecule has 0 saturated carbocycles. The summed E-state index contributed by atoms with van der Waals surface area (Å²) in [5.41, 5.74) is 0. The molecule has 0 saturated heterocycles. The van der Waals surface area contributed by atoms with Crippen LogP contribution in [0.2, 0.25) is 0 Å². The Balaban J connectivity index is 2.29. The molecule has 1 aromatic rings. The molecule has 0 amide bonds. The summed E-state index contributed by atoms with van der Waals surface area (Å²) in [5.74, 6) is 0.463. The molecule has 166 valence electrons. The first-order valence-corrected chi connectivity index (χ1v) is 11.7. The molecule has 8 nitrogen and oxygen atoms in total. The average Bonchev–Trinajstić information content (AvgIpc) is 2.66. The highest BCUT2D eigenvalue weighted by molar-refractivity contribution is 7.88. The van der Waals surface area contributed by atoms with E-state index >= 15 is 0 Å². The van der Waals surface area contributed by atoms with Gasteiger partial charge in [0.2, 0.25) is 10.0 Å². The van der Waals surface area contributed by atoms with Crippen molar-refractivity contribution in [2.75, 3.05) is 33.1 Å². The molecule has 0 aliphatic heterocycles. The molecule has 0 aliphatic rings. The second-order valence-electron chi connectivity index (χ2n) is 7.01. The van der Waals surface area contributed by atoms with E-state index in [0.717, 1.165) is 12.8 Å². The summed E-state index contributed by atoms with van der Waals surface area (Å²) in [7, 11) is -1.75. The Labute approximate surface area is 173 Å². The molecule has 1 rings (SSSR count). The van der Waals surface area contributed by atoms with Crippen LogP contribution in [0.1, 0.15) is 44.9 Å². The molecule has 0 radical (unpaired) electrons. The molecule has 2 N–H and O–H groups in total. The minimum atomic E-state index is -3.32. The number of aliphatic hydroxyl groups excluding tert-OH is 1. The number of hydrogen-bond donors (Lipinski definition) is 2. The van der Waals surface area contributed by atoms with Crippen molar-refractivity contribution < 1.29 is 32.9 Å². The Bertz CT molecular complexity index is 709. The van der Waals surface area contributed by atoms with Crippen LogP contribution in [0.5, 0.6) is 11.5 Å². The van der Waals surface area contributed by atoms with Crippen LogP contribution in [0.25, 0.3) is 0 Å². The number of carboxylic acid groups (broad SMARTS) is 1. The highest BCUT2D eigenvalue weighted by atomic mass is 32.2. The van der Waals surface area contributed by atoms with E-state index in [-0.39, 0.29) is 13.0 Å². The Morgan fingerprint density at radius 1 is 1.10 bits per heavy atom. The topological polar surface area (TPSA) is 113 Å². The summed E-state index contributed by atoms with van der Waals surface area (Å²) in [5, 5.41) is 18.7. The molecule has 9 heteroatoms. The van der Waals surface area contributed by atoms with E-state index < -0.39 is 22.1 Å². The zero-order valence-electron chi connectivity index (χ0n) is 17.2. The van der Waals surface area contributed by atoms with Gasteiger partial charge in [-0.15, -0.1) is 0 Å². The number of methoxy groups -OCH3 is 1. The monoisotopic (exact) mass is 431 g/mol. The fourth-order valence-corrected chi connectivity index (χ4v) is 3.75. The van der Waals surface area contributed by atoms with Crippen molar-refractivity contribution in [3.05, 3.63) is 24.3 Å². The minimum Gasteiger partial charge on any atom is -0.497 e. The molecule has 0 bridgehead atoms. The van der Waals surface area contributed by atoms with Gasteiger partial charge in [-0.25, -0.2) is 12.7 Å². The maximum atomic E-state index is 11.9. The second kappa shape index (κ2) is 13.4. The lowest BCUT2D eigenvalue weighted by Crippen LogP contribution is -2.32. The lowest BCUT2D eigenvalue weighted by atomic mass is 10.1. The Morgan fingerprint density at radius 2 is 1.76 bits per heavy atom. The fraction of sp³-hybridized carbons (Fsp3) is 0.650. The third-order valence-corrected chi connectivity index (χ3v) is 5.75. The van der Waals surface area contributed by atoms with Crippen LogP contribution in [-0.4, -0.2) is 68.1 Å².